The van der Waals surface area contributed by atoms with Crippen molar-refractivity contribution in [2.24, 2.45) is 0 Å². The Morgan fingerprint density at radius 1 is 1.47 bits per heavy atom. The van der Waals surface area contributed by atoms with Crippen LogP contribution in [-0.4, -0.2) is 34.7 Å². The number of carboxylic acid groups (broad SMARTS) is 1. The van der Waals surface area contributed by atoms with Crippen LogP contribution >= 0.6 is 11.3 Å². The molecule has 19 heavy (non-hydrogen) atoms. The smallest absolute Gasteiger partial charge is 0.332 e. The Bertz CT molecular complexity index is 455. The van der Waals surface area contributed by atoms with E-state index in [1.807, 2.05) is 13.0 Å². The van der Waals surface area contributed by atoms with Gasteiger partial charge in [-0.15, -0.1) is 11.3 Å². The topological polar surface area (TPSA) is 86.6 Å². The molecular weight excluding hydrogens is 266 g/mol. The van der Waals surface area contributed by atoms with E-state index in [2.05, 4.69) is 12.2 Å². The van der Waals surface area contributed by atoms with Gasteiger partial charge in [0.15, 0.2) is 6.10 Å². The molecule has 0 aliphatic heterocycles. The lowest BCUT2D eigenvalue weighted by molar-refractivity contribution is -0.146. The lowest BCUT2D eigenvalue weighted by Crippen LogP contribution is -2.29. The number of hydrogen-bond acceptors (Lipinski definition) is 4. The Labute approximate surface area is 116 Å². The van der Waals surface area contributed by atoms with E-state index in [1.54, 1.807) is 0 Å². The van der Waals surface area contributed by atoms with E-state index < -0.39 is 12.1 Å². The van der Waals surface area contributed by atoms with Crippen LogP contribution in [0.1, 0.15) is 39.9 Å². The molecule has 1 rings (SSSR count). The highest BCUT2D eigenvalue weighted by molar-refractivity contribution is 7.14. The Morgan fingerprint density at radius 2 is 2.16 bits per heavy atom. The molecule has 1 aromatic rings. The Kier molecular flexibility index (Phi) is 5.98. The van der Waals surface area contributed by atoms with Gasteiger partial charge in [0.25, 0.3) is 5.91 Å². The molecular formula is C13H19NO4S. The number of rotatable bonds is 7. The van der Waals surface area contributed by atoms with Crippen LogP contribution in [0.3, 0.4) is 0 Å². The number of carbonyl (C=O) groups excluding carboxylic acids is 1. The van der Waals surface area contributed by atoms with Crippen LogP contribution in [0.2, 0.25) is 0 Å². The van der Waals surface area contributed by atoms with E-state index >= 15 is 0 Å². The zero-order chi connectivity index (χ0) is 14.4. The highest BCUT2D eigenvalue weighted by Gasteiger charge is 2.15. The van der Waals surface area contributed by atoms with Gasteiger partial charge in [-0.3, -0.25) is 4.79 Å². The molecule has 6 heteroatoms. The van der Waals surface area contributed by atoms with Crippen LogP contribution in [0.25, 0.3) is 0 Å². The second-order valence-corrected chi connectivity index (χ2v) is 5.60. The Hall–Kier alpha value is -1.40. The maximum absolute atomic E-state index is 11.8. The third-order valence-electron chi connectivity index (χ3n) is 2.75. The first-order chi connectivity index (χ1) is 8.95. The molecule has 1 unspecified atom stereocenters. The van der Waals surface area contributed by atoms with Gasteiger partial charge in [0.05, 0.1) is 4.88 Å². The van der Waals surface area contributed by atoms with Crippen molar-refractivity contribution in [1.29, 1.82) is 0 Å². The molecule has 0 radical (unpaired) electrons. The minimum atomic E-state index is -1.43. The molecule has 1 aromatic heterocycles. The van der Waals surface area contributed by atoms with Crippen LogP contribution < -0.4 is 5.32 Å². The summed E-state index contributed by atoms with van der Waals surface area (Å²) in [6.07, 6.45) is 0.560. The lowest BCUT2D eigenvalue weighted by atomic mass is 10.1. The summed E-state index contributed by atoms with van der Waals surface area (Å²) in [5, 5.41) is 20.2. The van der Waals surface area contributed by atoms with Crippen molar-refractivity contribution in [1.82, 2.24) is 5.32 Å². The number of carboxylic acids is 1. The second-order valence-electron chi connectivity index (χ2n) is 4.34. The largest absolute Gasteiger partial charge is 0.479 e. The van der Waals surface area contributed by atoms with Crippen molar-refractivity contribution in [3.8, 4) is 0 Å². The molecule has 1 atom stereocenters. The van der Waals surface area contributed by atoms with Crippen LogP contribution in [0.15, 0.2) is 6.07 Å². The summed E-state index contributed by atoms with van der Waals surface area (Å²) in [4.78, 5) is 24.0. The number of amides is 1. The van der Waals surface area contributed by atoms with Crippen molar-refractivity contribution in [2.45, 2.75) is 39.2 Å². The maximum Gasteiger partial charge on any atom is 0.332 e. The fourth-order valence-corrected chi connectivity index (χ4v) is 2.67. The summed E-state index contributed by atoms with van der Waals surface area (Å²) in [5.41, 5.74) is 1.18. The number of aliphatic hydroxyl groups is 1. The highest BCUT2D eigenvalue weighted by atomic mass is 32.1. The van der Waals surface area contributed by atoms with Gasteiger partial charge < -0.3 is 15.5 Å². The lowest BCUT2D eigenvalue weighted by Gasteiger charge is -2.06. The zero-order valence-corrected chi connectivity index (χ0v) is 11.9. The summed E-state index contributed by atoms with van der Waals surface area (Å²) in [7, 11) is 0. The minimum absolute atomic E-state index is 0.00719. The number of nitrogens with one attached hydrogen (secondary N) is 1. The standard InChI is InChI=1S/C13H19NO4S/c1-3-4-9-7-11(19-8(9)2)12(16)14-6-5-10(15)13(17)18/h7,10,15H,3-6H2,1-2H3,(H,14,16)(H,17,18). The molecule has 1 amide bonds. The molecule has 0 aromatic carbocycles. The van der Waals surface area contributed by atoms with Gasteiger partial charge >= 0.3 is 5.97 Å². The van der Waals surface area contributed by atoms with Gasteiger partial charge in [0, 0.05) is 17.8 Å². The Balaban J connectivity index is 2.49. The van der Waals surface area contributed by atoms with Crippen molar-refractivity contribution in [3.05, 3.63) is 21.4 Å². The van der Waals surface area contributed by atoms with Crippen molar-refractivity contribution < 1.29 is 19.8 Å². The number of aliphatic carboxylic acids is 1. The SMILES string of the molecule is CCCc1cc(C(=O)NCCC(O)C(=O)O)sc1C. The molecule has 0 aliphatic carbocycles. The monoisotopic (exact) mass is 285 g/mol. The van der Waals surface area contributed by atoms with Crippen molar-refractivity contribution in [2.75, 3.05) is 6.54 Å². The fourth-order valence-electron chi connectivity index (χ4n) is 1.68. The maximum atomic E-state index is 11.8. The summed E-state index contributed by atoms with van der Waals surface area (Å²) in [5.74, 6) is -1.49. The number of aliphatic hydroxyl groups excluding tert-OH is 1. The highest BCUT2D eigenvalue weighted by Crippen LogP contribution is 2.22. The van der Waals surface area contributed by atoms with Crippen molar-refractivity contribution >= 4 is 23.2 Å². The fraction of sp³-hybridized carbons (Fsp3) is 0.538. The van der Waals surface area contributed by atoms with E-state index in [0.717, 1.165) is 17.7 Å². The van der Waals surface area contributed by atoms with E-state index in [4.69, 9.17) is 10.2 Å². The molecule has 0 saturated carbocycles. The molecule has 1 heterocycles. The number of thiophene rings is 1. The van der Waals surface area contributed by atoms with Gasteiger partial charge in [-0.25, -0.2) is 4.79 Å². The van der Waals surface area contributed by atoms with E-state index in [9.17, 15) is 9.59 Å². The zero-order valence-electron chi connectivity index (χ0n) is 11.1. The quantitative estimate of drug-likeness (QED) is 0.710. The van der Waals surface area contributed by atoms with Crippen molar-refractivity contribution in [3.63, 3.8) is 0 Å². The third-order valence-corrected chi connectivity index (χ3v) is 3.84. The summed E-state index contributed by atoms with van der Waals surface area (Å²) >= 11 is 1.44. The molecule has 0 fully saturated rings. The molecule has 0 saturated heterocycles. The summed E-state index contributed by atoms with van der Waals surface area (Å²) < 4.78 is 0. The van der Waals surface area contributed by atoms with E-state index in [-0.39, 0.29) is 18.9 Å². The molecule has 106 valence electrons. The van der Waals surface area contributed by atoms with Crippen LogP contribution in [0, 0.1) is 6.92 Å². The number of carbonyl (C=O) groups is 2. The number of aryl methyl sites for hydroxylation is 2. The predicted octanol–water partition coefficient (Wildman–Crippen LogP) is 1.57. The van der Waals surface area contributed by atoms with E-state index in [0.29, 0.717) is 4.88 Å². The average molecular weight is 285 g/mol. The van der Waals surface area contributed by atoms with Gasteiger partial charge in [-0.05, 0) is 25.0 Å². The second kappa shape index (κ2) is 7.25. The normalized spacial score (nSPS) is 12.2. The molecule has 0 aliphatic rings. The van der Waals surface area contributed by atoms with Gasteiger partial charge in [-0.1, -0.05) is 13.3 Å². The van der Waals surface area contributed by atoms with Crippen LogP contribution in [-0.2, 0) is 11.2 Å². The molecule has 5 nitrogen and oxygen atoms in total. The summed E-state index contributed by atoms with van der Waals surface area (Å²) in [6.45, 7) is 4.22. The van der Waals surface area contributed by atoms with Gasteiger partial charge in [0.2, 0.25) is 0 Å². The third kappa shape index (κ3) is 4.65. The summed E-state index contributed by atoms with van der Waals surface area (Å²) in [6, 6.07) is 1.88. The van der Waals surface area contributed by atoms with Crippen LogP contribution in [0.4, 0.5) is 0 Å². The van der Waals surface area contributed by atoms with Crippen LogP contribution in [0.5, 0.6) is 0 Å². The first-order valence-electron chi connectivity index (χ1n) is 6.24. The minimum Gasteiger partial charge on any atom is -0.479 e. The Morgan fingerprint density at radius 3 is 2.74 bits per heavy atom. The van der Waals surface area contributed by atoms with Gasteiger partial charge in [-0.2, -0.15) is 0 Å². The molecule has 0 bridgehead atoms. The average Bonchev–Trinajstić information content (AvgIpc) is 2.71. The van der Waals surface area contributed by atoms with E-state index in [1.165, 1.54) is 16.9 Å². The first-order valence-corrected chi connectivity index (χ1v) is 7.05. The molecule has 3 N–H and O–H groups in total. The predicted molar refractivity (Wildman–Crippen MR) is 73.6 cm³/mol. The first kappa shape index (κ1) is 15.7. The number of hydrogen-bond donors (Lipinski definition) is 3. The van der Waals surface area contributed by atoms with Gasteiger partial charge in [0.1, 0.15) is 0 Å². The molecule has 0 spiro atoms.